The Morgan fingerprint density at radius 2 is 1.73 bits per heavy atom. The van der Waals surface area contributed by atoms with Crippen molar-refractivity contribution < 1.29 is 23.9 Å². The number of nitrogens with one attached hydrogen (secondary N) is 1. The molecule has 0 aromatic heterocycles. The number of hydrogen-bond acceptors (Lipinski definition) is 6. The minimum atomic E-state index is -0.333. The summed E-state index contributed by atoms with van der Waals surface area (Å²) in [4.78, 5) is 39.3. The maximum atomic E-state index is 12.9. The van der Waals surface area contributed by atoms with E-state index in [4.69, 9.17) is 9.47 Å². The first kappa shape index (κ1) is 26.0. The van der Waals surface area contributed by atoms with E-state index in [1.165, 1.54) is 4.90 Å². The normalized spacial score (nSPS) is 14.2. The van der Waals surface area contributed by atoms with Crippen LogP contribution in [-0.2, 0) is 16.1 Å². The van der Waals surface area contributed by atoms with Crippen molar-refractivity contribution in [2.75, 3.05) is 18.5 Å². The van der Waals surface area contributed by atoms with Crippen LogP contribution in [-0.4, -0.2) is 35.2 Å². The van der Waals surface area contributed by atoms with Crippen LogP contribution in [0.4, 0.5) is 10.5 Å². The molecule has 1 aliphatic rings. The van der Waals surface area contributed by atoms with Gasteiger partial charge in [0.2, 0.25) is 0 Å². The van der Waals surface area contributed by atoms with Gasteiger partial charge >= 0.3 is 0 Å². The van der Waals surface area contributed by atoms with Crippen LogP contribution in [0.15, 0.2) is 71.6 Å². The number of benzene rings is 3. The van der Waals surface area contributed by atoms with E-state index in [1.807, 2.05) is 69.3 Å². The predicted octanol–water partition coefficient (Wildman–Crippen LogP) is 5.96. The molecule has 0 saturated carbocycles. The van der Waals surface area contributed by atoms with E-state index in [9.17, 15) is 14.4 Å². The molecule has 0 bridgehead atoms. The Labute approximate surface area is 220 Å². The Kier molecular flexibility index (Phi) is 8.30. The maximum Gasteiger partial charge on any atom is 0.293 e. The molecule has 0 aliphatic carbocycles. The van der Waals surface area contributed by atoms with Crippen molar-refractivity contribution >= 4 is 40.6 Å². The quantitative estimate of drug-likeness (QED) is 0.354. The number of imide groups is 1. The van der Waals surface area contributed by atoms with Gasteiger partial charge in [0.25, 0.3) is 17.1 Å². The van der Waals surface area contributed by atoms with Crippen LogP contribution in [0.1, 0.15) is 29.2 Å². The lowest BCUT2D eigenvalue weighted by Crippen LogP contribution is -2.27. The van der Waals surface area contributed by atoms with Crippen LogP contribution in [0.25, 0.3) is 6.08 Å². The molecule has 1 N–H and O–H groups in total. The van der Waals surface area contributed by atoms with E-state index in [0.717, 1.165) is 28.5 Å². The first-order valence-electron chi connectivity index (χ1n) is 11.9. The molecule has 0 atom stereocenters. The van der Waals surface area contributed by atoms with Gasteiger partial charge in [0.15, 0.2) is 18.1 Å². The molecular formula is C29H28N2O5S. The van der Waals surface area contributed by atoms with Crippen molar-refractivity contribution in [2.24, 2.45) is 0 Å². The van der Waals surface area contributed by atoms with Crippen molar-refractivity contribution in [1.29, 1.82) is 0 Å². The fraction of sp³-hybridized carbons (Fsp3) is 0.207. The molecule has 3 amide bonds. The number of anilines is 1. The number of rotatable bonds is 9. The van der Waals surface area contributed by atoms with Crippen LogP contribution < -0.4 is 14.8 Å². The zero-order valence-corrected chi connectivity index (χ0v) is 21.8. The number of amides is 3. The summed E-state index contributed by atoms with van der Waals surface area (Å²) in [5.74, 6) is 0.229. The van der Waals surface area contributed by atoms with E-state index >= 15 is 0 Å². The Morgan fingerprint density at radius 3 is 2.46 bits per heavy atom. The second kappa shape index (κ2) is 11.8. The van der Waals surface area contributed by atoms with E-state index < -0.39 is 0 Å². The zero-order valence-electron chi connectivity index (χ0n) is 20.9. The van der Waals surface area contributed by atoms with Gasteiger partial charge in [-0.05, 0) is 85.1 Å². The Balaban J connectivity index is 1.43. The van der Waals surface area contributed by atoms with Gasteiger partial charge in [-0.2, -0.15) is 0 Å². The molecule has 7 nitrogen and oxygen atoms in total. The molecule has 37 heavy (non-hydrogen) atoms. The summed E-state index contributed by atoms with van der Waals surface area (Å²) in [6.45, 7) is 6.27. The average molecular weight is 517 g/mol. The number of ether oxygens (including phenoxy) is 2. The van der Waals surface area contributed by atoms with Gasteiger partial charge in [0.05, 0.1) is 18.1 Å². The molecular weight excluding hydrogens is 488 g/mol. The number of aryl methyl sites for hydroxylation is 2. The van der Waals surface area contributed by atoms with Crippen molar-refractivity contribution in [1.82, 2.24) is 4.90 Å². The second-order valence-corrected chi connectivity index (χ2v) is 9.52. The number of thioether (sulfide) groups is 1. The van der Waals surface area contributed by atoms with Crippen LogP contribution in [0.5, 0.6) is 11.5 Å². The van der Waals surface area contributed by atoms with Gasteiger partial charge in [-0.1, -0.05) is 42.5 Å². The summed E-state index contributed by atoms with van der Waals surface area (Å²) < 4.78 is 11.4. The van der Waals surface area contributed by atoms with E-state index in [1.54, 1.807) is 24.3 Å². The highest BCUT2D eigenvalue weighted by Gasteiger charge is 2.35. The van der Waals surface area contributed by atoms with Crippen LogP contribution in [0.2, 0.25) is 0 Å². The molecule has 1 aliphatic heterocycles. The minimum Gasteiger partial charge on any atom is -0.490 e. The van der Waals surface area contributed by atoms with Crippen molar-refractivity contribution in [3.8, 4) is 11.5 Å². The molecule has 4 rings (SSSR count). The Hall–Kier alpha value is -4.04. The summed E-state index contributed by atoms with van der Waals surface area (Å²) in [6.07, 6.45) is 1.66. The molecule has 0 radical (unpaired) electrons. The largest absolute Gasteiger partial charge is 0.490 e. The molecule has 3 aromatic carbocycles. The highest BCUT2D eigenvalue weighted by atomic mass is 32.2. The molecule has 0 spiro atoms. The Bertz CT molecular complexity index is 1350. The first-order chi connectivity index (χ1) is 17.8. The fourth-order valence-corrected chi connectivity index (χ4v) is 4.55. The lowest BCUT2D eigenvalue weighted by atomic mass is 10.1. The molecule has 0 unspecified atom stereocenters. The van der Waals surface area contributed by atoms with Crippen LogP contribution in [0.3, 0.4) is 0 Å². The summed E-state index contributed by atoms with van der Waals surface area (Å²) in [5.41, 5.74) is 4.51. The van der Waals surface area contributed by atoms with Gasteiger partial charge in [0, 0.05) is 5.69 Å². The van der Waals surface area contributed by atoms with Crippen molar-refractivity contribution in [3.63, 3.8) is 0 Å². The van der Waals surface area contributed by atoms with E-state index in [2.05, 4.69) is 5.32 Å². The molecule has 190 valence electrons. The van der Waals surface area contributed by atoms with Gasteiger partial charge in [-0.25, -0.2) is 0 Å². The van der Waals surface area contributed by atoms with Crippen molar-refractivity contribution in [2.45, 2.75) is 27.3 Å². The SMILES string of the molecule is CCOc1cc(/C=C2/SC(=O)N(Cc3ccccc3)C2=O)ccc1OCC(=O)Nc1ccc(C)c(C)c1. The lowest BCUT2D eigenvalue weighted by Gasteiger charge is -2.13. The topological polar surface area (TPSA) is 84.9 Å². The standard InChI is InChI=1S/C29H28N2O5S/c1-4-35-25-15-22(16-26-28(33)31(29(34)37-26)17-21-8-6-5-7-9-21)11-13-24(25)36-18-27(32)30-23-12-10-19(2)20(3)14-23/h5-16H,4,17-18H2,1-3H3,(H,30,32)/b26-16+. The van der Waals surface area contributed by atoms with Gasteiger partial charge in [-0.15, -0.1) is 0 Å². The van der Waals surface area contributed by atoms with Gasteiger partial charge in [-0.3, -0.25) is 19.3 Å². The molecule has 8 heteroatoms. The number of hydrogen-bond donors (Lipinski definition) is 1. The molecule has 1 heterocycles. The highest BCUT2D eigenvalue weighted by molar-refractivity contribution is 8.18. The third-order valence-corrected chi connectivity index (χ3v) is 6.68. The average Bonchev–Trinajstić information content (AvgIpc) is 3.14. The predicted molar refractivity (Wildman–Crippen MR) is 146 cm³/mol. The smallest absolute Gasteiger partial charge is 0.293 e. The van der Waals surface area contributed by atoms with Gasteiger partial charge in [0.1, 0.15) is 0 Å². The first-order valence-corrected chi connectivity index (χ1v) is 12.7. The summed E-state index contributed by atoms with van der Waals surface area (Å²) in [5, 5.41) is 2.52. The second-order valence-electron chi connectivity index (χ2n) is 8.53. The highest BCUT2D eigenvalue weighted by Crippen LogP contribution is 2.35. The zero-order chi connectivity index (χ0) is 26.4. The van der Waals surface area contributed by atoms with Crippen LogP contribution in [0, 0.1) is 13.8 Å². The monoisotopic (exact) mass is 516 g/mol. The fourth-order valence-electron chi connectivity index (χ4n) is 3.72. The number of carbonyl (C=O) groups is 3. The molecule has 1 saturated heterocycles. The number of carbonyl (C=O) groups excluding carboxylic acids is 3. The lowest BCUT2D eigenvalue weighted by molar-refractivity contribution is -0.123. The van der Waals surface area contributed by atoms with E-state index in [-0.39, 0.29) is 30.2 Å². The van der Waals surface area contributed by atoms with Gasteiger partial charge < -0.3 is 14.8 Å². The molecule has 1 fully saturated rings. The maximum absolute atomic E-state index is 12.9. The number of nitrogens with zero attached hydrogens (tertiary/aromatic N) is 1. The minimum absolute atomic E-state index is 0.190. The van der Waals surface area contributed by atoms with E-state index in [0.29, 0.717) is 34.3 Å². The molecule has 3 aromatic rings. The summed E-state index contributed by atoms with van der Waals surface area (Å²) in [7, 11) is 0. The van der Waals surface area contributed by atoms with Crippen LogP contribution >= 0.6 is 11.8 Å². The summed E-state index contributed by atoms with van der Waals surface area (Å²) in [6, 6.07) is 20.3. The van der Waals surface area contributed by atoms with Crippen molar-refractivity contribution in [3.05, 3.63) is 93.9 Å². The summed E-state index contributed by atoms with van der Waals surface area (Å²) >= 11 is 0.910. The Morgan fingerprint density at radius 1 is 0.946 bits per heavy atom. The third kappa shape index (κ3) is 6.59. The third-order valence-electron chi connectivity index (χ3n) is 5.77.